The highest BCUT2D eigenvalue weighted by atomic mass is 35.5. The van der Waals surface area contributed by atoms with E-state index < -0.39 is 23.5 Å². The maximum absolute atomic E-state index is 13.0. The molecule has 32 heavy (non-hydrogen) atoms. The molecule has 1 amide bonds. The van der Waals surface area contributed by atoms with Gasteiger partial charge in [-0.05, 0) is 39.0 Å². The summed E-state index contributed by atoms with van der Waals surface area (Å²) in [5.74, 6) is -0.542. The Hall–Kier alpha value is -2.97. The molecule has 1 atom stereocenters. The van der Waals surface area contributed by atoms with Crippen LogP contribution in [-0.2, 0) is 14.3 Å². The minimum Gasteiger partial charge on any atom is -0.507 e. The van der Waals surface area contributed by atoms with Crippen LogP contribution in [0.25, 0.3) is 5.76 Å². The Morgan fingerprint density at radius 1 is 1.19 bits per heavy atom. The topological polar surface area (TPSA) is 98.4 Å². The first-order valence-corrected chi connectivity index (χ1v) is 10.5. The fraction of sp³-hybridized carbons (Fsp3) is 0.391. The Kier molecular flexibility index (Phi) is 7.16. The van der Waals surface area contributed by atoms with Crippen molar-refractivity contribution in [3.05, 3.63) is 51.9 Å². The van der Waals surface area contributed by atoms with Crippen LogP contribution in [0, 0.1) is 6.92 Å². The minimum atomic E-state index is -0.925. The van der Waals surface area contributed by atoms with E-state index in [9.17, 15) is 14.7 Å². The fourth-order valence-corrected chi connectivity index (χ4v) is 3.81. The number of carbonyl (C=O) groups is 2. The summed E-state index contributed by atoms with van der Waals surface area (Å²) in [6.07, 6.45) is -0.0399. The Balaban J connectivity index is 2.17. The zero-order valence-electron chi connectivity index (χ0n) is 18.6. The van der Waals surface area contributed by atoms with Crippen molar-refractivity contribution < 1.29 is 33.3 Å². The van der Waals surface area contributed by atoms with E-state index >= 15 is 0 Å². The van der Waals surface area contributed by atoms with Gasteiger partial charge in [0.15, 0.2) is 0 Å². The second-order valence-electron chi connectivity index (χ2n) is 7.55. The SMILES string of the molecule is COc1cc(/C(O)=C2\C(=O)C(=O)N(CCOC(C)C)C2c2ccc(C)o2)c(OC)cc1Cl. The van der Waals surface area contributed by atoms with E-state index in [0.29, 0.717) is 11.5 Å². The lowest BCUT2D eigenvalue weighted by Crippen LogP contribution is -2.33. The normalized spacial score (nSPS) is 18.0. The molecule has 0 saturated carbocycles. The number of benzene rings is 1. The van der Waals surface area contributed by atoms with Crippen LogP contribution in [0.4, 0.5) is 0 Å². The van der Waals surface area contributed by atoms with Gasteiger partial charge >= 0.3 is 0 Å². The van der Waals surface area contributed by atoms with Crippen molar-refractivity contribution in [1.82, 2.24) is 4.90 Å². The van der Waals surface area contributed by atoms with Crippen LogP contribution < -0.4 is 9.47 Å². The third-order valence-corrected chi connectivity index (χ3v) is 5.38. The summed E-state index contributed by atoms with van der Waals surface area (Å²) in [5.41, 5.74) is 0.0510. The van der Waals surface area contributed by atoms with Gasteiger partial charge in [-0.25, -0.2) is 0 Å². The van der Waals surface area contributed by atoms with E-state index in [1.807, 2.05) is 13.8 Å². The highest BCUT2D eigenvalue weighted by Crippen LogP contribution is 2.43. The quantitative estimate of drug-likeness (QED) is 0.357. The summed E-state index contributed by atoms with van der Waals surface area (Å²) >= 11 is 6.17. The number of methoxy groups -OCH3 is 2. The number of likely N-dealkylation sites (tertiary alicyclic amines) is 1. The fourth-order valence-electron chi connectivity index (χ4n) is 3.58. The molecule has 1 aromatic heterocycles. The number of furan rings is 1. The highest BCUT2D eigenvalue weighted by Gasteiger charge is 2.47. The largest absolute Gasteiger partial charge is 0.507 e. The Morgan fingerprint density at radius 3 is 2.44 bits per heavy atom. The standard InChI is InChI=1S/C23H26ClNO7/c1-12(2)31-9-8-25-20(16-7-6-13(3)32-16)19(22(27)23(25)28)21(26)14-10-18(30-5)15(24)11-17(14)29-4/h6-7,10-12,20,26H,8-9H2,1-5H3/b21-19+. The van der Waals surface area contributed by atoms with Crippen molar-refractivity contribution >= 4 is 29.1 Å². The molecule has 0 radical (unpaired) electrons. The van der Waals surface area contributed by atoms with Gasteiger partial charge in [0, 0.05) is 12.6 Å². The van der Waals surface area contributed by atoms with Crippen molar-refractivity contribution in [3.63, 3.8) is 0 Å². The van der Waals surface area contributed by atoms with Gasteiger partial charge in [0.05, 0.1) is 43.1 Å². The molecule has 172 valence electrons. The minimum absolute atomic E-state index is 0.0399. The molecule has 1 aromatic carbocycles. The van der Waals surface area contributed by atoms with Crippen LogP contribution in [0.2, 0.25) is 5.02 Å². The lowest BCUT2D eigenvalue weighted by Gasteiger charge is -2.24. The van der Waals surface area contributed by atoms with Crippen molar-refractivity contribution in [3.8, 4) is 11.5 Å². The predicted octanol–water partition coefficient (Wildman–Crippen LogP) is 4.11. The van der Waals surface area contributed by atoms with Gasteiger partial charge in [-0.2, -0.15) is 0 Å². The third kappa shape index (κ3) is 4.47. The van der Waals surface area contributed by atoms with Crippen LogP contribution in [0.5, 0.6) is 11.5 Å². The van der Waals surface area contributed by atoms with Crippen molar-refractivity contribution in [2.45, 2.75) is 32.9 Å². The van der Waals surface area contributed by atoms with Crippen molar-refractivity contribution in [2.24, 2.45) is 0 Å². The van der Waals surface area contributed by atoms with Gasteiger partial charge < -0.3 is 28.6 Å². The number of amides is 1. The number of aliphatic hydroxyl groups excluding tert-OH is 1. The summed E-state index contributed by atoms with van der Waals surface area (Å²) in [5, 5.41) is 11.5. The van der Waals surface area contributed by atoms with Crippen molar-refractivity contribution in [1.29, 1.82) is 0 Å². The summed E-state index contributed by atoms with van der Waals surface area (Å²) in [7, 11) is 2.83. The molecule has 1 unspecified atom stereocenters. The number of ether oxygens (including phenoxy) is 3. The zero-order valence-corrected chi connectivity index (χ0v) is 19.4. The van der Waals surface area contributed by atoms with Crippen LogP contribution in [-0.4, -0.2) is 55.2 Å². The molecule has 0 aliphatic carbocycles. The number of carbonyl (C=O) groups excluding carboxylic acids is 2. The van der Waals surface area contributed by atoms with Crippen LogP contribution in [0.3, 0.4) is 0 Å². The highest BCUT2D eigenvalue weighted by molar-refractivity contribution is 6.46. The van der Waals surface area contributed by atoms with E-state index in [1.54, 1.807) is 19.1 Å². The second kappa shape index (κ2) is 9.67. The number of aryl methyl sites for hydroxylation is 1. The molecule has 0 bridgehead atoms. The van der Waals surface area contributed by atoms with E-state index in [2.05, 4.69) is 0 Å². The summed E-state index contributed by atoms with van der Waals surface area (Å²) < 4.78 is 21.9. The van der Waals surface area contributed by atoms with Gasteiger partial charge in [-0.1, -0.05) is 11.6 Å². The molecule has 2 heterocycles. The van der Waals surface area contributed by atoms with Gasteiger partial charge in [-0.3, -0.25) is 9.59 Å². The first-order valence-electron chi connectivity index (χ1n) is 10.1. The molecule has 1 fully saturated rings. The van der Waals surface area contributed by atoms with Crippen LogP contribution in [0.1, 0.15) is 37.0 Å². The molecule has 1 aliphatic rings. The van der Waals surface area contributed by atoms with E-state index in [4.69, 9.17) is 30.2 Å². The first kappa shape index (κ1) is 23.7. The molecule has 1 saturated heterocycles. The molecule has 1 aliphatic heterocycles. The second-order valence-corrected chi connectivity index (χ2v) is 7.95. The zero-order chi connectivity index (χ0) is 23.6. The molecule has 2 aromatic rings. The third-order valence-electron chi connectivity index (χ3n) is 5.08. The predicted molar refractivity (Wildman–Crippen MR) is 118 cm³/mol. The number of rotatable bonds is 8. The summed E-state index contributed by atoms with van der Waals surface area (Å²) in [6.45, 7) is 5.87. The number of aliphatic hydroxyl groups is 1. The molecular formula is C23H26ClNO7. The lowest BCUT2D eigenvalue weighted by atomic mass is 9.98. The smallest absolute Gasteiger partial charge is 0.295 e. The van der Waals surface area contributed by atoms with Gasteiger partial charge in [0.1, 0.15) is 34.8 Å². The molecule has 3 rings (SSSR count). The molecular weight excluding hydrogens is 438 g/mol. The van der Waals surface area contributed by atoms with E-state index in [0.717, 1.165) is 0 Å². The number of nitrogens with zero attached hydrogens (tertiary/aromatic N) is 1. The first-order chi connectivity index (χ1) is 15.2. The van der Waals surface area contributed by atoms with Gasteiger partial charge in [0.25, 0.3) is 11.7 Å². The number of halogens is 1. The van der Waals surface area contributed by atoms with E-state index in [1.165, 1.54) is 31.3 Å². The van der Waals surface area contributed by atoms with Gasteiger partial charge in [-0.15, -0.1) is 0 Å². The molecule has 8 nitrogen and oxygen atoms in total. The number of ketones is 1. The molecule has 9 heteroatoms. The van der Waals surface area contributed by atoms with Crippen LogP contribution >= 0.6 is 11.6 Å². The summed E-state index contributed by atoms with van der Waals surface area (Å²) in [6, 6.07) is 5.40. The Bertz CT molecular complexity index is 1060. The van der Waals surface area contributed by atoms with Crippen LogP contribution in [0.15, 0.2) is 34.3 Å². The average molecular weight is 464 g/mol. The maximum atomic E-state index is 13.0. The number of Topliss-reactive ketones (excluding diaryl/α,β-unsaturated/α-hetero) is 1. The van der Waals surface area contributed by atoms with E-state index in [-0.39, 0.29) is 46.9 Å². The summed E-state index contributed by atoms with van der Waals surface area (Å²) in [4.78, 5) is 27.3. The van der Waals surface area contributed by atoms with Crippen molar-refractivity contribution in [2.75, 3.05) is 27.4 Å². The number of hydrogen-bond acceptors (Lipinski definition) is 7. The lowest BCUT2D eigenvalue weighted by molar-refractivity contribution is -0.140. The Morgan fingerprint density at radius 2 is 1.88 bits per heavy atom. The Labute approximate surface area is 191 Å². The van der Waals surface area contributed by atoms with Gasteiger partial charge in [0.2, 0.25) is 0 Å². The molecule has 1 N–H and O–H groups in total. The molecule has 0 spiro atoms. The maximum Gasteiger partial charge on any atom is 0.295 e. The monoisotopic (exact) mass is 463 g/mol. The average Bonchev–Trinajstić information content (AvgIpc) is 3.28. The number of hydrogen-bond donors (Lipinski definition) is 1.